The molecule has 0 unspecified atom stereocenters. The predicted octanol–water partition coefficient (Wildman–Crippen LogP) is 2.80. The molecule has 0 aliphatic carbocycles. The average Bonchev–Trinajstić information content (AvgIpc) is 2.60. The number of aromatic nitrogens is 2. The zero-order valence-corrected chi connectivity index (χ0v) is 13.3. The van der Waals surface area contributed by atoms with Gasteiger partial charge in [0.2, 0.25) is 0 Å². The minimum Gasteiger partial charge on any atom is -0.283 e. The smallest absolute Gasteiger partial charge is 0.0942 e. The molecule has 0 saturated heterocycles. The van der Waals surface area contributed by atoms with Crippen molar-refractivity contribution in [3.05, 3.63) is 40.6 Å². The first kappa shape index (κ1) is 14.2. The molecule has 2 N–H and O–H groups in total. The van der Waals surface area contributed by atoms with E-state index in [0.29, 0.717) is 10.6 Å². The molecule has 7 heteroatoms. The summed E-state index contributed by atoms with van der Waals surface area (Å²) in [5.74, 6) is 0. The second-order valence-electron chi connectivity index (χ2n) is 4.61. The van der Waals surface area contributed by atoms with Gasteiger partial charge in [0, 0.05) is 17.8 Å². The lowest BCUT2D eigenvalue weighted by molar-refractivity contribution is 0.526. The van der Waals surface area contributed by atoms with E-state index in [4.69, 9.17) is 0 Å². The van der Waals surface area contributed by atoms with E-state index in [0.717, 1.165) is 10.2 Å². The summed E-state index contributed by atoms with van der Waals surface area (Å²) in [6.45, 7) is 1.83. The molecular weight excluding hydrogens is 330 g/mol. The summed E-state index contributed by atoms with van der Waals surface area (Å²) >= 11 is 3.31. The topological polar surface area (TPSA) is 67.2 Å². The van der Waals surface area contributed by atoms with E-state index in [2.05, 4.69) is 25.8 Å². The van der Waals surface area contributed by atoms with Crippen molar-refractivity contribution in [3.63, 3.8) is 0 Å². The number of nitrogens with zero attached hydrogens (tertiary/aromatic N) is 2. The molecule has 0 spiro atoms. The van der Waals surface area contributed by atoms with Gasteiger partial charge in [-0.2, -0.15) is 9.31 Å². The van der Waals surface area contributed by atoms with Crippen LogP contribution in [0.15, 0.2) is 39.8 Å². The van der Waals surface area contributed by atoms with Gasteiger partial charge >= 0.3 is 0 Å². The number of halogens is 1. The summed E-state index contributed by atoms with van der Waals surface area (Å²) in [5.41, 5.74) is 1.35. The van der Waals surface area contributed by atoms with Crippen molar-refractivity contribution in [1.29, 1.82) is 0 Å². The molecule has 0 aliphatic rings. The molecule has 5 nitrogen and oxygen atoms in total. The Morgan fingerprint density at radius 1 is 1.37 bits per heavy atom. The van der Waals surface area contributed by atoms with Crippen LogP contribution in [0.1, 0.15) is 5.69 Å². The largest absolute Gasteiger partial charge is 0.283 e. The molecule has 0 fully saturated rings. The normalized spacial score (nSPS) is 13.8. The second kappa shape index (κ2) is 4.43. The van der Waals surface area contributed by atoms with Crippen molar-refractivity contribution in [2.75, 3.05) is 11.0 Å². The van der Waals surface area contributed by atoms with Crippen LogP contribution in [-0.4, -0.2) is 24.8 Å². The molecule has 1 aromatic carbocycles. The molecule has 104 valence electrons. The zero-order chi connectivity index (χ0) is 14.3. The molecule has 0 amide bonds. The lowest BCUT2D eigenvalue weighted by Gasteiger charge is -2.40. The Morgan fingerprint density at radius 2 is 1.95 bits per heavy atom. The third-order valence-electron chi connectivity index (χ3n) is 2.95. The number of hydrogen-bond donors (Lipinski definition) is 2. The fourth-order valence-electron chi connectivity index (χ4n) is 1.67. The fourth-order valence-corrected chi connectivity index (χ4v) is 3.55. The first-order valence-corrected chi connectivity index (χ1v) is 8.72. The van der Waals surface area contributed by atoms with E-state index >= 15 is 0 Å². The van der Waals surface area contributed by atoms with E-state index in [1.165, 1.54) is 6.26 Å². The van der Waals surface area contributed by atoms with Crippen LogP contribution in [-0.2, 0) is 16.6 Å². The molecule has 1 heterocycles. The lowest BCUT2D eigenvalue weighted by Crippen LogP contribution is -2.39. The fraction of sp³-hybridized carbons (Fsp3) is 0.250. The molecule has 0 saturated carbocycles. The molecule has 2 aromatic rings. The highest BCUT2D eigenvalue weighted by molar-refractivity contribution is 9.10. The Balaban J connectivity index is 2.43. The van der Waals surface area contributed by atoms with Crippen LogP contribution in [0, 0.1) is 6.92 Å². The van der Waals surface area contributed by atoms with Gasteiger partial charge in [0.1, 0.15) is 0 Å². The highest BCUT2D eigenvalue weighted by atomic mass is 79.9. The third-order valence-corrected chi connectivity index (χ3v) is 5.57. The zero-order valence-electron chi connectivity index (χ0n) is 10.9. The van der Waals surface area contributed by atoms with E-state index in [1.807, 2.05) is 6.92 Å². The lowest BCUT2D eigenvalue weighted by atomic mass is 10.4. The summed E-state index contributed by atoms with van der Waals surface area (Å²) in [6.07, 6.45) is 2.84. The van der Waals surface area contributed by atoms with Gasteiger partial charge in [0.05, 0.1) is 22.5 Å². The maximum absolute atomic E-state index is 12.8. The average molecular weight is 346 g/mol. The van der Waals surface area contributed by atoms with E-state index < -0.39 is 9.53 Å². The van der Waals surface area contributed by atoms with Crippen molar-refractivity contribution in [3.8, 4) is 0 Å². The first-order chi connectivity index (χ1) is 8.67. The molecule has 2 rings (SSSR count). The van der Waals surface area contributed by atoms with Crippen LogP contribution < -0.4 is 4.72 Å². The van der Waals surface area contributed by atoms with Crippen molar-refractivity contribution >= 4 is 31.2 Å². The number of nitrogens with one attached hydrogen (secondary N) is 1. The maximum atomic E-state index is 12.8. The standard InChI is InChI=1S/C12H16BrN3O2S/c1-9-12(8-14-16(9)2)15-19(3,17,18)11-6-4-10(13)5-7-11/h4-8H,1-3H3,(H2,15,17,18). The summed E-state index contributed by atoms with van der Waals surface area (Å²) in [4.78, 5) is 0.337. The summed E-state index contributed by atoms with van der Waals surface area (Å²) in [5, 5.41) is 4.05. The van der Waals surface area contributed by atoms with E-state index in [-0.39, 0.29) is 0 Å². The van der Waals surface area contributed by atoms with E-state index in [9.17, 15) is 8.76 Å². The van der Waals surface area contributed by atoms with Gasteiger partial charge in [-0.1, -0.05) is 15.9 Å². The maximum Gasteiger partial charge on any atom is 0.0942 e. The van der Waals surface area contributed by atoms with Crippen molar-refractivity contribution in [2.45, 2.75) is 11.8 Å². The second-order valence-corrected chi connectivity index (χ2v) is 8.76. The number of benzene rings is 1. The van der Waals surface area contributed by atoms with Gasteiger partial charge in [-0.05, 0) is 31.2 Å². The summed E-state index contributed by atoms with van der Waals surface area (Å²) < 4.78 is 28.6. The van der Waals surface area contributed by atoms with Gasteiger partial charge in [-0.3, -0.25) is 14.0 Å². The van der Waals surface area contributed by atoms with Gasteiger partial charge in [0.15, 0.2) is 0 Å². The summed E-state index contributed by atoms with van der Waals surface area (Å²) in [7, 11) is -2.36. The van der Waals surface area contributed by atoms with Crippen LogP contribution in [0.5, 0.6) is 0 Å². The minimum absolute atomic E-state index is 0.337. The monoisotopic (exact) mass is 345 g/mol. The molecule has 0 radical (unpaired) electrons. The van der Waals surface area contributed by atoms with Gasteiger partial charge in [-0.25, -0.2) is 0 Å². The first-order valence-electron chi connectivity index (χ1n) is 5.59. The quantitative estimate of drug-likeness (QED) is 0.898. The van der Waals surface area contributed by atoms with Crippen molar-refractivity contribution < 1.29 is 8.76 Å². The Labute approximate surface area is 120 Å². The van der Waals surface area contributed by atoms with Crippen molar-refractivity contribution in [1.82, 2.24) is 9.78 Å². The Bertz CT molecular complexity index is 673. The Morgan fingerprint density at radius 3 is 2.42 bits per heavy atom. The van der Waals surface area contributed by atoms with Crippen LogP contribution in [0.25, 0.3) is 0 Å². The molecular formula is C12H16BrN3O2S. The van der Waals surface area contributed by atoms with Gasteiger partial charge in [-0.15, -0.1) is 9.53 Å². The van der Waals surface area contributed by atoms with Crippen LogP contribution in [0.2, 0.25) is 0 Å². The molecule has 0 atom stereocenters. The number of anilines is 1. The minimum atomic E-state index is -4.14. The number of aryl methyl sites for hydroxylation is 1. The molecule has 0 bridgehead atoms. The van der Waals surface area contributed by atoms with Gasteiger partial charge < -0.3 is 0 Å². The Kier molecular flexibility index (Phi) is 3.32. The highest BCUT2D eigenvalue weighted by Gasteiger charge is 2.25. The summed E-state index contributed by atoms with van der Waals surface area (Å²) in [6, 6.07) is 6.72. The SMILES string of the molecule is Cc1c(NS(C)(=O)(O)c2ccc(Br)cc2)cnn1C. The van der Waals surface area contributed by atoms with Crippen LogP contribution in [0.3, 0.4) is 0 Å². The van der Waals surface area contributed by atoms with Crippen LogP contribution in [0.4, 0.5) is 5.69 Å². The molecule has 0 aliphatic heterocycles. The van der Waals surface area contributed by atoms with Crippen LogP contribution >= 0.6 is 15.9 Å². The number of rotatable bonds is 3. The number of hydrogen-bond acceptors (Lipinski definition) is 2. The Hall–Kier alpha value is -1.18. The van der Waals surface area contributed by atoms with E-state index in [1.54, 1.807) is 42.2 Å². The highest BCUT2D eigenvalue weighted by Crippen LogP contribution is 2.32. The predicted molar refractivity (Wildman–Crippen MR) is 80.7 cm³/mol. The molecule has 19 heavy (non-hydrogen) atoms. The van der Waals surface area contributed by atoms with Crippen molar-refractivity contribution in [2.24, 2.45) is 7.05 Å². The van der Waals surface area contributed by atoms with Gasteiger partial charge in [0.25, 0.3) is 0 Å². The third kappa shape index (κ3) is 2.88. The molecule has 1 aromatic heterocycles.